The molecule has 1 aromatic heterocycles. The fourth-order valence-corrected chi connectivity index (χ4v) is 5.24. The van der Waals surface area contributed by atoms with Gasteiger partial charge < -0.3 is 64.5 Å². The van der Waals surface area contributed by atoms with E-state index in [-0.39, 0.29) is 19.0 Å². The van der Waals surface area contributed by atoms with E-state index in [2.05, 4.69) is 4.98 Å². The van der Waals surface area contributed by atoms with Gasteiger partial charge in [0.1, 0.15) is 48.5 Å². The van der Waals surface area contributed by atoms with E-state index >= 15 is 0 Å². The van der Waals surface area contributed by atoms with Crippen molar-refractivity contribution in [1.82, 2.24) is 9.55 Å². The third-order valence-electron chi connectivity index (χ3n) is 6.29. The van der Waals surface area contributed by atoms with Gasteiger partial charge in [-0.15, -0.1) is 0 Å². The molecule has 0 aliphatic carbocycles. The summed E-state index contributed by atoms with van der Waals surface area (Å²) in [6, 6.07) is 1.34. The van der Waals surface area contributed by atoms with Gasteiger partial charge in [-0.05, 0) is 30.7 Å². The van der Waals surface area contributed by atoms with Gasteiger partial charge in [0.15, 0.2) is 12.5 Å². The van der Waals surface area contributed by atoms with Gasteiger partial charge in [0.05, 0.1) is 19.8 Å². The van der Waals surface area contributed by atoms with Crippen LogP contribution >= 0.6 is 6.72 Å². The second-order valence-electron chi connectivity index (χ2n) is 9.17. The average molecular weight is 602 g/mol. The Morgan fingerprint density at radius 1 is 0.949 bits per heavy atom. The molecular weight excluding hydrogens is 565 g/mol. The molecule has 3 heterocycles. The van der Waals surface area contributed by atoms with Crippen molar-refractivity contribution in [1.29, 1.82) is 0 Å². The molecular formula is C21H36N3O13PS. The Kier molecular flexibility index (Phi) is 12.2. The molecule has 9 N–H and O–H groups in total. The smallest absolute Gasteiger partial charge is 0.351 e. The first-order valence-corrected chi connectivity index (χ1v) is 14.9. The number of aliphatic hydroxyl groups is 6. The molecule has 10 atom stereocenters. The number of unbranched alkanes of at least 4 members (excludes halogenated alkanes) is 3. The summed E-state index contributed by atoms with van der Waals surface area (Å²) in [5.41, 5.74) is 4.68. The van der Waals surface area contributed by atoms with Crippen molar-refractivity contribution in [2.45, 2.75) is 80.9 Å². The maximum absolute atomic E-state index is 12.0. The SMILES string of the molecule is Nc1ccn([C@@H]2O[C@H](COP(O)(=S)OCCCCCCO[C@@H]3O[C@H](CO)[C@H](O)[C@H](O)[C@H]3O)[C@@H](O)[C@@H]2O)c(=O)n1. The number of aliphatic hydroxyl groups excluding tert-OH is 6. The Bertz CT molecular complexity index is 1020. The maximum Gasteiger partial charge on any atom is 0.351 e. The first-order valence-electron chi connectivity index (χ1n) is 12.4. The molecule has 0 amide bonds. The van der Waals surface area contributed by atoms with Crippen LogP contribution in [-0.4, -0.2) is 121 Å². The number of anilines is 1. The molecule has 2 saturated heterocycles. The van der Waals surface area contributed by atoms with Crippen LogP contribution in [0.2, 0.25) is 0 Å². The largest absolute Gasteiger partial charge is 0.394 e. The molecule has 0 spiro atoms. The van der Waals surface area contributed by atoms with Gasteiger partial charge in [-0.25, -0.2) is 4.79 Å². The van der Waals surface area contributed by atoms with Crippen LogP contribution in [0, 0.1) is 0 Å². The maximum atomic E-state index is 12.0. The number of nitrogens with two attached hydrogens (primary N) is 1. The predicted octanol–water partition coefficient (Wildman–Crippen LogP) is -2.93. The lowest BCUT2D eigenvalue weighted by Gasteiger charge is -2.39. The Labute approximate surface area is 228 Å². The van der Waals surface area contributed by atoms with Crippen LogP contribution < -0.4 is 11.4 Å². The van der Waals surface area contributed by atoms with Gasteiger partial charge in [-0.2, -0.15) is 4.98 Å². The molecule has 2 fully saturated rings. The Morgan fingerprint density at radius 2 is 1.62 bits per heavy atom. The van der Waals surface area contributed by atoms with Crippen molar-refractivity contribution < 1.29 is 58.8 Å². The molecule has 39 heavy (non-hydrogen) atoms. The van der Waals surface area contributed by atoms with Crippen molar-refractivity contribution in [2.24, 2.45) is 0 Å². The first kappa shape index (κ1) is 32.4. The van der Waals surface area contributed by atoms with Crippen molar-refractivity contribution in [2.75, 3.05) is 32.2 Å². The Morgan fingerprint density at radius 3 is 2.28 bits per heavy atom. The highest BCUT2D eigenvalue weighted by atomic mass is 32.5. The number of hydrogen-bond acceptors (Lipinski definition) is 15. The van der Waals surface area contributed by atoms with Gasteiger partial charge in [0, 0.05) is 12.8 Å². The molecule has 18 heteroatoms. The van der Waals surface area contributed by atoms with E-state index in [9.17, 15) is 40.3 Å². The number of nitrogens with zero attached hydrogens (tertiary/aromatic N) is 2. The van der Waals surface area contributed by atoms with Crippen molar-refractivity contribution in [3.8, 4) is 0 Å². The molecule has 0 aromatic carbocycles. The summed E-state index contributed by atoms with van der Waals surface area (Å²) in [6.45, 7) is -4.32. The van der Waals surface area contributed by atoms with Crippen molar-refractivity contribution in [3.63, 3.8) is 0 Å². The lowest BCUT2D eigenvalue weighted by molar-refractivity contribution is -0.301. The summed E-state index contributed by atoms with van der Waals surface area (Å²) in [5, 5.41) is 59.2. The second kappa shape index (κ2) is 14.7. The number of hydrogen-bond donors (Lipinski definition) is 8. The molecule has 2 aliphatic heterocycles. The number of nitrogen functional groups attached to an aromatic ring is 1. The zero-order valence-corrected chi connectivity index (χ0v) is 22.6. The number of rotatable bonds is 14. The quantitative estimate of drug-likeness (QED) is 0.0785. The zero-order valence-electron chi connectivity index (χ0n) is 20.9. The van der Waals surface area contributed by atoms with Crippen LogP contribution in [0.25, 0.3) is 0 Å². The fraction of sp³-hybridized carbons (Fsp3) is 0.810. The van der Waals surface area contributed by atoms with E-state index in [1.54, 1.807) is 0 Å². The molecule has 3 rings (SSSR count). The van der Waals surface area contributed by atoms with E-state index in [0.29, 0.717) is 25.7 Å². The highest BCUT2D eigenvalue weighted by Gasteiger charge is 2.45. The highest BCUT2D eigenvalue weighted by molar-refractivity contribution is 8.07. The Hall–Kier alpha value is -1.15. The highest BCUT2D eigenvalue weighted by Crippen LogP contribution is 2.45. The van der Waals surface area contributed by atoms with E-state index < -0.39 is 80.9 Å². The van der Waals surface area contributed by atoms with Gasteiger partial charge in [0.2, 0.25) is 0 Å². The van der Waals surface area contributed by atoms with Crippen LogP contribution in [0.15, 0.2) is 17.1 Å². The summed E-state index contributed by atoms with van der Waals surface area (Å²) in [4.78, 5) is 25.8. The monoisotopic (exact) mass is 601 g/mol. The lowest BCUT2D eigenvalue weighted by Crippen LogP contribution is -2.59. The topological polar surface area (TPSA) is 249 Å². The van der Waals surface area contributed by atoms with Crippen LogP contribution in [0.3, 0.4) is 0 Å². The second-order valence-corrected chi connectivity index (χ2v) is 12.0. The number of aromatic nitrogens is 2. The van der Waals surface area contributed by atoms with E-state index in [0.717, 1.165) is 4.57 Å². The van der Waals surface area contributed by atoms with Gasteiger partial charge in [-0.1, -0.05) is 12.8 Å². The van der Waals surface area contributed by atoms with Crippen LogP contribution in [0.4, 0.5) is 5.82 Å². The normalized spacial score (nSPS) is 34.7. The van der Waals surface area contributed by atoms with E-state index in [1.807, 2.05) is 0 Å². The summed E-state index contributed by atoms with van der Waals surface area (Å²) in [5.74, 6) is -0.0105. The third kappa shape index (κ3) is 8.67. The Balaban J connectivity index is 1.30. The van der Waals surface area contributed by atoms with E-state index in [4.69, 9.17) is 40.8 Å². The summed E-state index contributed by atoms with van der Waals surface area (Å²) in [7, 11) is 0. The number of ether oxygens (including phenoxy) is 3. The average Bonchev–Trinajstić information content (AvgIpc) is 3.17. The first-order chi connectivity index (χ1) is 18.4. The molecule has 0 bridgehead atoms. The van der Waals surface area contributed by atoms with Gasteiger partial charge in [0.25, 0.3) is 0 Å². The minimum atomic E-state index is -3.68. The summed E-state index contributed by atoms with van der Waals surface area (Å²) < 4.78 is 27.7. The van der Waals surface area contributed by atoms with Crippen LogP contribution in [0.5, 0.6) is 0 Å². The van der Waals surface area contributed by atoms with Gasteiger partial charge in [-0.3, -0.25) is 4.57 Å². The standard InChI is InChI=1S/C21H36N3O13PS/c22-13-5-6-24(21(31)23-13)19-17(29)15(27)12(36-19)10-35-38(32,39)34-8-4-2-1-3-7-33-20-18(30)16(28)14(26)11(9-25)37-20/h5-6,11-12,14-20,25-30H,1-4,7-10H2,(H,32,39)(H2,22,23,31)/t11-,12-,14+,15-,16+,17+,18-,19-,20-,38?/m1/s1. The zero-order chi connectivity index (χ0) is 28.7. The minimum absolute atomic E-state index is 0.0105. The summed E-state index contributed by atoms with van der Waals surface area (Å²) >= 11 is 4.97. The molecule has 16 nitrogen and oxygen atoms in total. The lowest BCUT2D eigenvalue weighted by atomic mass is 9.99. The molecule has 2 aliphatic rings. The van der Waals surface area contributed by atoms with Crippen LogP contribution in [0.1, 0.15) is 31.9 Å². The van der Waals surface area contributed by atoms with E-state index in [1.165, 1.54) is 12.3 Å². The molecule has 0 radical (unpaired) electrons. The predicted molar refractivity (Wildman–Crippen MR) is 135 cm³/mol. The molecule has 224 valence electrons. The third-order valence-corrected chi connectivity index (χ3v) is 7.91. The fourth-order valence-electron chi connectivity index (χ4n) is 4.06. The molecule has 1 unspecified atom stereocenters. The minimum Gasteiger partial charge on any atom is -0.394 e. The molecule has 1 aromatic rings. The summed E-state index contributed by atoms with van der Waals surface area (Å²) in [6.07, 6.45) is -8.10. The molecule has 0 saturated carbocycles. The van der Waals surface area contributed by atoms with Gasteiger partial charge >= 0.3 is 12.4 Å². The van der Waals surface area contributed by atoms with Crippen molar-refractivity contribution >= 4 is 24.3 Å². The van der Waals surface area contributed by atoms with Crippen molar-refractivity contribution in [3.05, 3.63) is 22.7 Å². The van der Waals surface area contributed by atoms with Crippen LogP contribution in [-0.2, 0) is 35.1 Å².